The van der Waals surface area contributed by atoms with Gasteiger partial charge in [0.25, 0.3) is 0 Å². The molecule has 2 amide bonds. The summed E-state index contributed by atoms with van der Waals surface area (Å²) in [6.45, 7) is 1.26. The number of anilines is 1. The summed E-state index contributed by atoms with van der Waals surface area (Å²) in [6, 6.07) is 15.9. The van der Waals surface area contributed by atoms with Crippen molar-refractivity contribution < 1.29 is 14.3 Å². The quantitative estimate of drug-likeness (QED) is 0.821. The maximum absolute atomic E-state index is 13.0. The zero-order valence-corrected chi connectivity index (χ0v) is 16.5. The van der Waals surface area contributed by atoms with Gasteiger partial charge in [-0.1, -0.05) is 30.3 Å². The van der Waals surface area contributed by atoms with Crippen LogP contribution in [0.5, 0.6) is 5.75 Å². The van der Waals surface area contributed by atoms with Gasteiger partial charge in [0.15, 0.2) is 0 Å². The summed E-state index contributed by atoms with van der Waals surface area (Å²) < 4.78 is 5.25. The van der Waals surface area contributed by atoms with E-state index < -0.39 is 5.41 Å². The zero-order chi connectivity index (χ0) is 19.7. The van der Waals surface area contributed by atoms with Crippen LogP contribution < -0.4 is 9.64 Å². The number of ether oxygens (including phenoxy) is 1. The van der Waals surface area contributed by atoms with Crippen LogP contribution in [0.4, 0.5) is 5.69 Å². The lowest BCUT2D eigenvalue weighted by atomic mass is 9.73. The van der Waals surface area contributed by atoms with Crippen LogP contribution in [0.1, 0.15) is 30.4 Å². The largest absolute Gasteiger partial charge is 0.497 e. The number of aryl methyl sites for hydroxylation is 1. The Balaban J connectivity index is 1.40. The van der Waals surface area contributed by atoms with Crippen LogP contribution in [0, 0.1) is 0 Å². The minimum Gasteiger partial charge on any atom is -0.497 e. The van der Waals surface area contributed by atoms with Gasteiger partial charge in [0, 0.05) is 32.2 Å². The molecule has 4 rings (SSSR count). The highest BCUT2D eigenvalue weighted by atomic mass is 16.5. The van der Waals surface area contributed by atoms with Gasteiger partial charge in [-0.15, -0.1) is 0 Å². The molecule has 0 bridgehead atoms. The van der Waals surface area contributed by atoms with Gasteiger partial charge in [-0.2, -0.15) is 0 Å². The van der Waals surface area contributed by atoms with Crippen LogP contribution in [-0.4, -0.2) is 44.0 Å². The van der Waals surface area contributed by atoms with Gasteiger partial charge in [0.2, 0.25) is 11.8 Å². The number of amides is 2. The second kappa shape index (κ2) is 7.30. The lowest BCUT2D eigenvalue weighted by molar-refractivity contribution is -0.135. The summed E-state index contributed by atoms with van der Waals surface area (Å²) in [6.07, 6.45) is 2.56. The van der Waals surface area contributed by atoms with E-state index in [0.29, 0.717) is 38.8 Å². The summed E-state index contributed by atoms with van der Waals surface area (Å²) in [5, 5.41) is 0. The number of hydrogen-bond donors (Lipinski definition) is 0. The number of methoxy groups -OCH3 is 1. The number of nitrogens with zero attached hydrogens (tertiary/aromatic N) is 2. The molecular weight excluding hydrogens is 352 g/mol. The normalized spacial score (nSPS) is 17.7. The third kappa shape index (κ3) is 3.05. The highest BCUT2D eigenvalue weighted by molar-refractivity contribution is 6.07. The van der Waals surface area contributed by atoms with Crippen LogP contribution in [0.3, 0.4) is 0 Å². The molecule has 2 aromatic carbocycles. The Morgan fingerprint density at radius 2 is 1.86 bits per heavy atom. The van der Waals surface area contributed by atoms with E-state index in [-0.39, 0.29) is 11.8 Å². The Morgan fingerprint density at radius 1 is 1.11 bits per heavy atom. The number of rotatable bonds is 4. The fraction of sp³-hybridized carbons (Fsp3) is 0.391. The van der Waals surface area contributed by atoms with Gasteiger partial charge in [0.1, 0.15) is 5.75 Å². The number of fused-ring (bicyclic) bond motifs is 2. The van der Waals surface area contributed by atoms with Crippen molar-refractivity contribution in [2.45, 2.75) is 31.1 Å². The van der Waals surface area contributed by atoms with Crippen molar-refractivity contribution in [3.8, 4) is 5.75 Å². The van der Waals surface area contributed by atoms with Gasteiger partial charge in [-0.25, -0.2) is 0 Å². The number of likely N-dealkylation sites (N-methyl/N-ethyl adjacent to an activating group) is 1. The lowest BCUT2D eigenvalue weighted by Gasteiger charge is -2.38. The average Bonchev–Trinajstić information content (AvgIpc) is 2.95. The Bertz CT molecular complexity index is 900. The molecular formula is C23H26N2O3. The SMILES string of the molecule is COc1cccc(CCC(=O)N2CCC3(CC2)C(=O)N(C)c2ccccc23)c1. The highest BCUT2D eigenvalue weighted by Gasteiger charge is 2.51. The Kier molecular flexibility index (Phi) is 4.84. The molecule has 2 aromatic rings. The number of hydrogen-bond acceptors (Lipinski definition) is 3. The number of likely N-dealkylation sites (tertiary alicyclic amines) is 1. The molecule has 1 saturated heterocycles. The zero-order valence-electron chi connectivity index (χ0n) is 16.5. The van der Waals surface area contributed by atoms with Gasteiger partial charge < -0.3 is 14.5 Å². The van der Waals surface area contributed by atoms with Crippen molar-refractivity contribution in [2.24, 2.45) is 0 Å². The first-order valence-electron chi connectivity index (χ1n) is 9.83. The fourth-order valence-electron chi connectivity index (χ4n) is 4.57. The molecule has 2 heterocycles. The standard InChI is InChI=1S/C23H26N2O3/c1-24-20-9-4-3-8-19(20)23(22(24)27)12-14-25(15-13-23)21(26)11-10-17-6-5-7-18(16-17)28-2/h3-9,16H,10-15H2,1-2H3. The van der Waals surface area contributed by atoms with E-state index in [2.05, 4.69) is 6.07 Å². The fourth-order valence-corrected chi connectivity index (χ4v) is 4.57. The van der Waals surface area contributed by atoms with Crippen molar-refractivity contribution in [3.05, 3.63) is 59.7 Å². The first-order valence-corrected chi connectivity index (χ1v) is 9.83. The maximum atomic E-state index is 13.0. The number of carbonyl (C=O) groups excluding carboxylic acids is 2. The van der Waals surface area contributed by atoms with Crippen LogP contribution >= 0.6 is 0 Å². The molecule has 5 heteroatoms. The molecule has 0 atom stereocenters. The number of benzene rings is 2. The van der Waals surface area contributed by atoms with Crippen molar-refractivity contribution in [1.29, 1.82) is 0 Å². The summed E-state index contributed by atoms with van der Waals surface area (Å²) in [5.41, 5.74) is 2.76. The highest BCUT2D eigenvalue weighted by Crippen LogP contribution is 2.47. The molecule has 146 valence electrons. The van der Waals surface area contributed by atoms with Crippen LogP contribution in [0.25, 0.3) is 0 Å². The van der Waals surface area contributed by atoms with E-state index in [4.69, 9.17) is 4.74 Å². The lowest BCUT2D eigenvalue weighted by Crippen LogP contribution is -2.49. The first-order chi connectivity index (χ1) is 13.5. The monoisotopic (exact) mass is 378 g/mol. The average molecular weight is 378 g/mol. The summed E-state index contributed by atoms with van der Waals surface area (Å²) in [5.74, 6) is 1.13. The second-order valence-corrected chi connectivity index (χ2v) is 7.70. The molecule has 2 aliphatic heterocycles. The Hall–Kier alpha value is -2.82. The Labute approximate surface area is 165 Å². The minimum atomic E-state index is -0.463. The third-order valence-electron chi connectivity index (χ3n) is 6.23. The van der Waals surface area contributed by atoms with E-state index in [1.807, 2.05) is 54.4 Å². The molecule has 5 nitrogen and oxygen atoms in total. The first kappa shape index (κ1) is 18.5. The molecule has 28 heavy (non-hydrogen) atoms. The molecule has 1 fully saturated rings. The number of piperidine rings is 1. The van der Waals surface area contributed by atoms with Gasteiger partial charge in [-0.3, -0.25) is 9.59 Å². The summed E-state index contributed by atoms with van der Waals surface area (Å²) in [4.78, 5) is 29.4. The predicted octanol–water partition coefficient (Wildman–Crippen LogP) is 3.16. The summed E-state index contributed by atoms with van der Waals surface area (Å²) in [7, 11) is 3.50. The number of para-hydroxylation sites is 1. The molecule has 0 saturated carbocycles. The molecule has 0 aliphatic carbocycles. The minimum absolute atomic E-state index is 0.157. The molecule has 0 aromatic heterocycles. The van der Waals surface area contributed by atoms with Gasteiger partial charge in [-0.05, 0) is 48.6 Å². The molecule has 0 N–H and O–H groups in total. The van der Waals surface area contributed by atoms with E-state index >= 15 is 0 Å². The molecule has 0 radical (unpaired) electrons. The van der Waals surface area contributed by atoms with Crippen molar-refractivity contribution in [2.75, 3.05) is 32.1 Å². The van der Waals surface area contributed by atoms with Crippen LogP contribution in [0.15, 0.2) is 48.5 Å². The van der Waals surface area contributed by atoms with Gasteiger partial charge in [0.05, 0.1) is 12.5 Å². The Morgan fingerprint density at radius 3 is 2.61 bits per heavy atom. The number of carbonyl (C=O) groups is 2. The molecule has 1 spiro atoms. The van der Waals surface area contributed by atoms with Crippen molar-refractivity contribution in [1.82, 2.24) is 4.90 Å². The maximum Gasteiger partial charge on any atom is 0.237 e. The van der Waals surface area contributed by atoms with E-state index in [1.165, 1.54) is 0 Å². The van der Waals surface area contributed by atoms with Crippen LogP contribution in [0.2, 0.25) is 0 Å². The van der Waals surface area contributed by atoms with Crippen molar-refractivity contribution >= 4 is 17.5 Å². The van der Waals surface area contributed by atoms with Crippen molar-refractivity contribution in [3.63, 3.8) is 0 Å². The van der Waals surface area contributed by atoms with E-state index in [9.17, 15) is 9.59 Å². The second-order valence-electron chi connectivity index (χ2n) is 7.70. The van der Waals surface area contributed by atoms with Gasteiger partial charge >= 0.3 is 0 Å². The molecule has 0 unspecified atom stereocenters. The predicted molar refractivity (Wildman–Crippen MR) is 109 cm³/mol. The summed E-state index contributed by atoms with van der Waals surface area (Å²) >= 11 is 0. The van der Waals surface area contributed by atoms with E-state index in [1.54, 1.807) is 12.0 Å². The topological polar surface area (TPSA) is 49.9 Å². The van der Waals surface area contributed by atoms with Crippen LogP contribution in [-0.2, 0) is 21.4 Å². The van der Waals surface area contributed by atoms with E-state index in [0.717, 1.165) is 22.6 Å². The smallest absolute Gasteiger partial charge is 0.237 e. The molecule has 2 aliphatic rings. The third-order valence-corrected chi connectivity index (χ3v) is 6.23.